The molecule has 0 unspecified atom stereocenters. The van der Waals surface area contributed by atoms with Gasteiger partial charge in [0.15, 0.2) is 0 Å². The molecule has 9 rings (SSSR count). The standard InChI is InChI=1S/C56H40/c1-9-25-41(26-10-1)49-50(42-27-11-2-12-28-42)52(44-31-15-4-16-32-44)54(46-35-19-6-20-36-46)56(48-39-23-8-24-40-48)55(47-37-21-7-22-38-47)53(45-33-17-5-18-34-45)51(49)43-29-13-3-14-30-43/h1-40H/b50-49-,51-49?,52-50?,53-51-,54-52?,55-53?,56-54?,56-55?. The Morgan fingerprint density at radius 3 is 0.286 bits per heavy atom. The molecule has 0 heterocycles. The smallest absolute Gasteiger partial charge is 0.00139 e. The summed E-state index contributed by atoms with van der Waals surface area (Å²) in [6.45, 7) is 0. The Kier molecular flexibility index (Phi) is 9.84. The summed E-state index contributed by atoms with van der Waals surface area (Å²) in [5.41, 5.74) is 18.6. The van der Waals surface area contributed by atoms with Crippen LogP contribution in [0.3, 0.4) is 0 Å². The van der Waals surface area contributed by atoms with E-state index < -0.39 is 0 Å². The molecule has 0 spiro atoms. The Bertz CT molecular complexity index is 2090. The molecule has 0 saturated carbocycles. The maximum Gasteiger partial charge on any atom is -0.00139 e. The first kappa shape index (κ1) is 34.5. The van der Waals surface area contributed by atoms with Crippen molar-refractivity contribution in [3.63, 3.8) is 0 Å². The highest BCUT2D eigenvalue weighted by atomic mass is 14.4. The number of hydrogen-bond donors (Lipinski definition) is 0. The van der Waals surface area contributed by atoms with E-state index >= 15 is 0 Å². The van der Waals surface area contributed by atoms with Crippen molar-refractivity contribution < 1.29 is 0 Å². The molecule has 1 aliphatic carbocycles. The largest absolute Gasteiger partial charge is 0.0622 e. The molecule has 56 heavy (non-hydrogen) atoms. The summed E-state index contributed by atoms with van der Waals surface area (Å²) in [6, 6.07) is 88.1. The van der Waals surface area contributed by atoms with Crippen LogP contribution < -0.4 is 0 Å². The Morgan fingerprint density at radius 1 is 0.107 bits per heavy atom. The summed E-state index contributed by atoms with van der Waals surface area (Å²) < 4.78 is 0. The maximum atomic E-state index is 2.28. The average Bonchev–Trinajstić information content (AvgIpc) is 3.29. The molecule has 264 valence electrons. The predicted octanol–water partition coefficient (Wildman–Crippen LogP) is 14.4. The molecule has 0 nitrogen and oxygen atoms in total. The minimum atomic E-state index is 1.15. The van der Waals surface area contributed by atoms with E-state index in [9.17, 15) is 0 Å². The third kappa shape index (κ3) is 6.70. The molecule has 0 aromatic heterocycles. The molecule has 0 atom stereocenters. The number of benzene rings is 8. The first-order chi connectivity index (χ1) is 27.9. The topological polar surface area (TPSA) is 0 Å². The maximum absolute atomic E-state index is 2.28. The van der Waals surface area contributed by atoms with Crippen molar-refractivity contribution in [2.24, 2.45) is 0 Å². The lowest BCUT2D eigenvalue weighted by molar-refractivity contribution is 1.51. The van der Waals surface area contributed by atoms with Crippen LogP contribution in [0.15, 0.2) is 243 Å². The van der Waals surface area contributed by atoms with Crippen molar-refractivity contribution in [3.8, 4) is 0 Å². The van der Waals surface area contributed by atoms with Gasteiger partial charge < -0.3 is 0 Å². The molecule has 1 aliphatic rings. The second kappa shape index (κ2) is 16.0. The Balaban J connectivity index is 1.67. The third-order valence-electron chi connectivity index (χ3n) is 10.5. The monoisotopic (exact) mass is 712 g/mol. The van der Waals surface area contributed by atoms with Crippen molar-refractivity contribution in [2.75, 3.05) is 0 Å². The summed E-state index contributed by atoms with van der Waals surface area (Å²) >= 11 is 0. The minimum Gasteiger partial charge on any atom is -0.0622 e. The second-order valence-corrected chi connectivity index (χ2v) is 13.9. The molecule has 0 heteroatoms. The molecule has 0 radical (unpaired) electrons. The number of hydrogen-bond acceptors (Lipinski definition) is 0. The fraction of sp³-hybridized carbons (Fsp3) is 0. The van der Waals surface area contributed by atoms with Gasteiger partial charge in [-0.2, -0.15) is 0 Å². The van der Waals surface area contributed by atoms with Gasteiger partial charge in [0.1, 0.15) is 0 Å². The molecule has 0 saturated heterocycles. The minimum absolute atomic E-state index is 1.15. The molecule has 0 amide bonds. The van der Waals surface area contributed by atoms with Crippen LogP contribution in [0.2, 0.25) is 0 Å². The van der Waals surface area contributed by atoms with E-state index in [1.165, 1.54) is 44.6 Å². The lowest BCUT2D eigenvalue weighted by atomic mass is 9.69. The highest BCUT2D eigenvalue weighted by molar-refractivity contribution is 6.44. The zero-order chi connectivity index (χ0) is 37.5. The molecule has 0 fully saturated rings. The van der Waals surface area contributed by atoms with Gasteiger partial charge >= 0.3 is 0 Å². The highest BCUT2D eigenvalue weighted by Crippen LogP contribution is 2.57. The van der Waals surface area contributed by atoms with Crippen LogP contribution in [0.25, 0.3) is 44.6 Å². The van der Waals surface area contributed by atoms with Gasteiger partial charge in [0, 0.05) is 0 Å². The normalized spacial score (nSPS) is 16.0. The zero-order valence-corrected chi connectivity index (χ0v) is 31.1. The van der Waals surface area contributed by atoms with Gasteiger partial charge in [-0.3, -0.25) is 0 Å². The van der Waals surface area contributed by atoms with Crippen molar-refractivity contribution >= 4 is 44.6 Å². The van der Waals surface area contributed by atoms with Gasteiger partial charge in [-0.05, 0) is 89.1 Å². The summed E-state index contributed by atoms with van der Waals surface area (Å²) in [6.07, 6.45) is 0. The van der Waals surface area contributed by atoms with Crippen molar-refractivity contribution in [2.45, 2.75) is 0 Å². The Hall–Kier alpha value is -7.28. The fourth-order valence-electron chi connectivity index (χ4n) is 8.15. The summed E-state index contributed by atoms with van der Waals surface area (Å²) in [5, 5.41) is 0. The summed E-state index contributed by atoms with van der Waals surface area (Å²) in [5.74, 6) is 0. The molecule has 8 aromatic rings. The average molecular weight is 713 g/mol. The molecule has 0 N–H and O–H groups in total. The van der Waals surface area contributed by atoms with Gasteiger partial charge in [-0.25, -0.2) is 0 Å². The van der Waals surface area contributed by atoms with E-state index in [0.29, 0.717) is 0 Å². The van der Waals surface area contributed by atoms with Crippen LogP contribution in [0.1, 0.15) is 44.5 Å². The first-order valence-electron chi connectivity index (χ1n) is 19.3. The van der Waals surface area contributed by atoms with Gasteiger partial charge in [-0.15, -0.1) is 0 Å². The Labute approximate surface area is 330 Å². The van der Waals surface area contributed by atoms with Gasteiger partial charge in [0.05, 0.1) is 0 Å². The van der Waals surface area contributed by atoms with E-state index in [0.717, 1.165) is 44.5 Å². The van der Waals surface area contributed by atoms with Crippen LogP contribution in [0, 0.1) is 0 Å². The van der Waals surface area contributed by atoms with Crippen molar-refractivity contribution in [1.82, 2.24) is 0 Å². The lowest BCUT2D eigenvalue weighted by Crippen LogP contribution is -2.10. The van der Waals surface area contributed by atoms with E-state index in [-0.39, 0.29) is 0 Å². The molecular formula is C56H40. The molecule has 0 aliphatic heterocycles. The van der Waals surface area contributed by atoms with Crippen LogP contribution >= 0.6 is 0 Å². The SMILES string of the molecule is c1ccc(C2=C(c3ccccc3)/C(c3ccccc3)=C(c3ccccc3)\C(c3ccccc3)=C(\c3ccccc3)C(c3ccccc3)=C2c2ccccc2)cc1. The van der Waals surface area contributed by atoms with Crippen molar-refractivity contribution in [1.29, 1.82) is 0 Å². The van der Waals surface area contributed by atoms with Crippen LogP contribution in [-0.2, 0) is 0 Å². The lowest BCUT2D eigenvalue weighted by Gasteiger charge is -2.33. The third-order valence-corrected chi connectivity index (χ3v) is 10.5. The van der Waals surface area contributed by atoms with E-state index in [4.69, 9.17) is 0 Å². The summed E-state index contributed by atoms with van der Waals surface area (Å²) in [7, 11) is 0. The molecule has 8 aromatic carbocycles. The van der Waals surface area contributed by atoms with Crippen LogP contribution in [0.4, 0.5) is 0 Å². The number of rotatable bonds is 8. The zero-order valence-electron chi connectivity index (χ0n) is 31.1. The van der Waals surface area contributed by atoms with E-state index in [2.05, 4.69) is 243 Å². The van der Waals surface area contributed by atoms with E-state index in [1.54, 1.807) is 0 Å². The molecular weight excluding hydrogens is 673 g/mol. The molecule has 0 bridgehead atoms. The quantitative estimate of drug-likeness (QED) is 0.147. The summed E-state index contributed by atoms with van der Waals surface area (Å²) in [4.78, 5) is 0. The first-order valence-corrected chi connectivity index (χ1v) is 19.3. The van der Waals surface area contributed by atoms with Crippen LogP contribution in [0.5, 0.6) is 0 Å². The van der Waals surface area contributed by atoms with Crippen LogP contribution in [-0.4, -0.2) is 0 Å². The fourth-order valence-corrected chi connectivity index (χ4v) is 8.15. The Morgan fingerprint density at radius 2 is 0.196 bits per heavy atom. The number of allylic oxidation sites excluding steroid dienone is 8. The van der Waals surface area contributed by atoms with E-state index in [1.807, 2.05) is 0 Å². The van der Waals surface area contributed by atoms with Gasteiger partial charge in [-0.1, -0.05) is 243 Å². The van der Waals surface area contributed by atoms with Crippen molar-refractivity contribution in [3.05, 3.63) is 287 Å². The van der Waals surface area contributed by atoms with Gasteiger partial charge in [0.25, 0.3) is 0 Å². The second-order valence-electron chi connectivity index (χ2n) is 13.9. The van der Waals surface area contributed by atoms with Gasteiger partial charge in [0.2, 0.25) is 0 Å². The highest BCUT2D eigenvalue weighted by Gasteiger charge is 2.34. The predicted molar refractivity (Wildman–Crippen MR) is 239 cm³/mol.